The van der Waals surface area contributed by atoms with Crippen molar-refractivity contribution in [3.8, 4) is 0 Å². The molecule has 10 heteroatoms. The fourth-order valence-corrected chi connectivity index (χ4v) is 2.70. The van der Waals surface area contributed by atoms with E-state index in [0.717, 1.165) is 57.8 Å². The molecule has 0 rings (SSSR count). The number of hydrogen-bond donors (Lipinski definition) is 1. The Morgan fingerprint density at radius 3 is 1.40 bits per heavy atom. The Hall–Kier alpha value is -2.65. The van der Waals surface area contributed by atoms with Crippen LogP contribution in [0.1, 0.15) is 165 Å². The monoisotopic (exact) mass is 650 g/mol. The Balaban J connectivity index is -0.000000151. The summed E-state index contributed by atoms with van der Waals surface area (Å²) in [4.78, 5) is 52.1. The number of unbranched alkanes of at least 4 members (excludes halogenated alkanes) is 6. The summed E-state index contributed by atoms with van der Waals surface area (Å²) < 4.78 is 19.0. The van der Waals surface area contributed by atoms with Gasteiger partial charge in [0, 0.05) is 32.1 Å². The standard InChI is InChI=1S/C9H18O2.2C8H16O2.C7H14O2.C3H6O2/c1-3-5-6-7-9(10)11-8-4-2;1-4-5-8(9)10-6-7(2)3;1-3-4-5-6-7-8(9)10-2;1-3-5-6-7(8)9-4-2;1-2-3(4)5/h3-8H2,1-2H3;7H,4-6H2,1-3H3;3-7H2,1-2H3;3-6H2,1-2H3;2H2,1H3,(H,4,5). The Kier molecular flexibility index (Phi) is 52.8. The fraction of sp³-hybridized carbons (Fsp3) is 0.857. The first-order valence-corrected chi connectivity index (χ1v) is 17.1. The minimum Gasteiger partial charge on any atom is -0.481 e. The molecule has 0 aliphatic heterocycles. The summed E-state index contributed by atoms with van der Waals surface area (Å²) >= 11 is 0. The Labute approximate surface area is 275 Å². The van der Waals surface area contributed by atoms with Gasteiger partial charge in [0.25, 0.3) is 0 Å². The zero-order chi connectivity index (χ0) is 35.7. The topological polar surface area (TPSA) is 142 Å². The van der Waals surface area contributed by atoms with E-state index in [1.165, 1.54) is 20.0 Å². The molecule has 0 aliphatic rings. The molecule has 270 valence electrons. The first-order valence-electron chi connectivity index (χ1n) is 17.1. The van der Waals surface area contributed by atoms with Crippen LogP contribution >= 0.6 is 0 Å². The number of carbonyl (C=O) groups excluding carboxylic acids is 4. The van der Waals surface area contributed by atoms with Crippen molar-refractivity contribution in [1.82, 2.24) is 0 Å². The molecule has 0 fully saturated rings. The van der Waals surface area contributed by atoms with Crippen molar-refractivity contribution < 1.29 is 48.0 Å². The lowest BCUT2D eigenvalue weighted by Gasteiger charge is -2.05. The number of aliphatic carboxylic acids is 1. The van der Waals surface area contributed by atoms with Gasteiger partial charge in [-0.05, 0) is 44.9 Å². The molecule has 0 saturated heterocycles. The summed E-state index contributed by atoms with van der Waals surface area (Å²) in [6, 6.07) is 0. The van der Waals surface area contributed by atoms with Gasteiger partial charge >= 0.3 is 29.8 Å². The fourth-order valence-electron chi connectivity index (χ4n) is 2.70. The highest BCUT2D eigenvalue weighted by atomic mass is 16.5. The molecule has 1 N–H and O–H groups in total. The molecule has 0 spiro atoms. The predicted octanol–water partition coefficient (Wildman–Crippen LogP) is 8.86. The number of methoxy groups -OCH3 is 1. The molecule has 0 aromatic heterocycles. The van der Waals surface area contributed by atoms with Crippen molar-refractivity contribution in [2.75, 3.05) is 26.9 Å². The van der Waals surface area contributed by atoms with Crippen molar-refractivity contribution in [3.05, 3.63) is 0 Å². The van der Waals surface area contributed by atoms with Gasteiger partial charge in [-0.15, -0.1) is 0 Å². The van der Waals surface area contributed by atoms with Gasteiger partial charge in [-0.1, -0.05) is 93.9 Å². The highest BCUT2D eigenvalue weighted by Crippen LogP contribution is 2.03. The molecule has 0 heterocycles. The van der Waals surface area contributed by atoms with E-state index in [1.807, 2.05) is 34.6 Å². The summed E-state index contributed by atoms with van der Waals surface area (Å²) in [7, 11) is 1.43. The summed E-state index contributed by atoms with van der Waals surface area (Å²) in [5, 5.41) is 7.72. The summed E-state index contributed by atoms with van der Waals surface area (Å²) in [6.45, 7) is 19.4. The third-order valence-electron chi connectivity index (χ3n) is 5.29. The van der Waals surface area contributed by atoms with Gasteiger partial charge in [0.1, 0.15) is 0 Å². The van der Waals surface area contributed by atoms with E-state index in [4.69, 9.17) is 19.3 Å². The lowest BCUT2D eigenvalue weighted by Crippen LogP contribution is -2.08. The maximum absolute atomic E-state index is 10.9. The van der Waals surface area contributed by atoms with E-state index in [-0.39, 0.29) is 30.3 Å². The van der Waals surface area contributed by atoms with Gasteiger partial charge in [0.15, 0.2) is 0 Å². The van der Waals surface area contributed by atoms with E-state index >= 15 is 0 Å². The van der Waals surface area contributed by atoms with Gasteiger partial charge in [0.2, 0.25) is 0 Å². The molecule has 0 aromatic carbocycles. The van der Waals surface area contributed by atoms with Crippen LogP contribution in [-0.2, 0) is 42.9 Å². The summed E-state index contributed by atoms with van der Waals surface area (Å²) in [5.74, 6) is -0.572. The summed E-state index contributed by atoms with van der Waals surface area (Å²) in [5.41, 5.74) is 0. The van der Waals surface area contributed by atoms with Gasteiger partial charge in [0.05, 0.1) is 26.9 Å². The first-order chi connectivity index (χ1) is 21.4. The molecule has 0 atom stereocenters. The molecular formula is C35H70O10. The zero-order valence-corrected chi connectivity index (χ0v) is 30.6. The second-order valence-electron chi connectivity index (χ2n) is 10.5. The lowest BCUT2D eigenvalue weighted by molar-refractivity contribution is -0.145. The van der Waals surface area contributed by atoms with Gasteiger partial charge in [-0.2, -0.15) is 0 Å². The number of rotatable bonds is 20. The number of carbonyl (C=O) groups is 5. The van der Waals surface area contributed by atoms with Crippen molar-refractivity contribution in [3.63, 3.8) is 0 Å². The van der Waals surface area contributed by atoms with E-state index in [9.17, 15) is 24.0 Å². The van der Waals surface area contributed by atoms with Crippen molar-refractivity contribution >= 4 is 29.8 Å². The molecule has 0 radical (unpaired) electrons. The smallest absolute Gasteiger partial charge is 0.305 e. The molecule has 0 aliphatic carbocycles. The second kappa shape index (κ2) is 45.8. The van der Waals surface area contributed by atoms with Gasteiger partial charge in [-0.3, -0.25) is 24.0 Å². The molecule has 0 bridgehead atoms. The predicted molar refractivity (Wildman–Crippen MR) is 181 cm³/mol. The van der Waals surface area contributed by atoms with Crippen LogP contribution in [0, 0.1) is 5.92 Å². The van der Waals surface area contributed by atoms with Crippen LogP contribution in [0.15, 0.2) is 0 Å². The van der Waals surface area contributed by atoms with Crippen LogP contribution in [-0.4, -0.2) is 61.9 Å². The number of ether oxygens (including phenoxy) is 4. The zero-order valence-electron chi connectivity index (χ0n) is 30.6. The largest absolute Gasteiger partial charge is 0.481 e. The van der Waals surface area contributed by atoms with Crippen molar-refractivity contribution in [1.29, 1.82) is 0 Å². The van der Waals surface area contributed by atoms with Crippen LogP contribution in [0.2, 0.25) is 0 Å². The van der Waals surface area contributed by atoms with Crippen molar-refractivity contribution in [2.45, 2.75) is 165 Å². The van der Waals surface area contributed by atoms with Crippen LogP contribution in [0.5, 0.6) is 0 Å². The highest BCUT2D eigenvalue weighted by Gasteiger charge is 2.02. The number of esters is 4. The van der Waals surface area contributed by atoms with E-state index in [1.54, 1.807) is 6.92 Å². The molecule has 0 amide bonds. The minimum absolute atomic E-state index is 0.0414. The Bertz CT molecular complexity index is 663. The number of carboxylic acid groups (broad SMARTS) is 1. The van der Waals surface area contributed by atoms with Crippen molar-refractivity contribution in [2.24, 2.45) is 5.92 Å². The lowest BCUT2D eigenvalue weighted by atomic mass is 10.2. The van der Waals surface area contributed by atoms with E-state index in [0.29, 0.717) is 51.4 Å². The van der Waals surface area contributed by atoms with Gasteiger partial charge in [-0.25, -0.2) is 0 Å². The second-order valence-corrected chi connectivity index (χ2v) is 10.5. The van der Waals surface area contributed by atoms with Crippen LogP contribution in [0.25, 0.3) is 0 Å². The maximum atomic E-state index is 10.9. The molecule has 45 heavy (non-hydrogen) atoms. The normalized spacial score (nSPS) is 9.31. The third kappa shape index (κ3) is 65.1. The Morgan fingerprint density at radius 2 is 0.978 bits per heavy atom. The van der Waals surface area contributed by atoms with E-state index in [2.05, 4.69) is 25.5 Å². The van der Waals surface area contributed by atoms with E-state index < -0.39 is 5.97 Å². The molecular weight excluding hydrogens is 580 g/mol. The molecule has 0 unspecified atom stereocenters. The van der Waals surface area contributed by atoms with Crippen LogP contribution < -0.4 is 0 Å². The minimum atomic E-state index is -0.745. The number of carboxylic acids is 1. The SMILES string of the molecule is CCC(=O)O.CCCC(=O)OCC(C)C.CCCCC(=O)OCC.CCCCCC(=O)OCCC.CCCCCCC(=O)OC. The average molecular weight is 651 g/mol. The third-order valence-corrected chi connectivity index (χ3v) is 5.29. The summed E-state index contributed by atoms with van der Waals surface area (Å²) in [6.07, 6.45) is 14.1. The average Bonchev–Trinajstić information content (AvgIpc) is 3.01. The van der Waals surface area contributed by atoms with Gasteiger partial charge < -0.3 is 24.1 Å². The molecule has 0 saturated carbocycles. The molecule has 0 aromatic rings. The quantitative estimate of drug-likeness (QED) is 0.0771. The van der Waals surface area contributed by atoms with Crippen LogP contribution in [0.3, 0.4) is 0 Å². The number of hydrogen-bond acceptors (Lipinski definition) is 9. The highest BCUT2D eigenvalue weighted by molar-refractivity contribution is 5.70. The molecule has 10 nitrogen and oxygen atoms in total. The van der Waals surface area contributed by atoms with Crippen LogP contribution in [0.4, 0.5) is 0 Å². The Morgan fingerprint density at radius 1 is 0.533 bits per heavy atom. The first kappa shape index (κ1) is 51.9. The maximum Gasteiger partial charge on any atom is 0.305 e.